The molecule has 0 radical (unpaired) electrons. The summed E-state index contributed by atoms with van der Waals surface area (Å²) in [6, 6.07) is 10.8. The molecule has 2 aliphatic rings. The highest BCUT2D eigenvalue weighted by molar-refractivity contribution is 5.31. The van der Waals surface area contributed by atoms with Gasteiger partial charge in [0.1, 0.15) is 0 Å². The van der Waals surface area contributed by atoms with Gasteiger partial charge in [-0.2, -0.15) is 5.26 Å². The highest BCUT2D eigenvalue weighted by Crippen LogP contribution is 2.40. The lowest BCUT2D eigenvalue weighted by Crippen LogP contribution is -2.38. The monoisotopic (exact) mass is 268 g/mol. The zero-order chi connectivity index (χ0) is 13.8. The van der Waals surface area contributed by atoms with Gasteiger partial charge in [-0.05, 0) is 48.8 Å². The second kappa shape index (κ2) is 6.41. The third kappa shape index (κ3) is 3.22. The zero-order valence-electron chi connectivity index (χ0n) is 12.1. The maximum atomic E-state index is 8.81. The number of nitrogens with zero attached hydrogens (tertiary/aromatic N) is 1. The van der Waals surface area contributed by atoms with Crippen molar-refractivity contribution in [2.75, 3.05) is 0 Å². The van der Waals surface area contributed by atoms with E-state index in [2.05, 4.69) is 23.5 Å². The van der Waals surface area contributed by atoms with Crippen molar-refractivity contribution in [2.45, 2.75) is 57.5 Å². The van der Waals surface area contributed by atoms with E-state index in [4.69, 9.17) is 5.26 Å². The Balaban J connectivity index is 1.49. The first-order valence-corrected chi connectivity index (χ1v) is 8.07. The van der Waals surface area contributed by atoms with Crippen molar-refractivity contribution in [3.8, 4) is 6.07 Å². The van der Waals surface area contributed by atoms with Crippen molar-refractivity contribution in [2.24, 2.45) is 11.8 Å². The molecule has 106 valence electrons. The maximum absolute atomic E-state index is 8.81. The predicted molar refractivity (Wildman–Crippen MR) is 81.1 cm³/mol. The lowest BCUT2D eigenvalue weighted by atomic mass is 9.69. The van der Waals surface area contributed by atoms with Crippen LogP contribution in [0.15, 0.2) is 24.3 Å². The summed E-state index contributed by atoms with van der Waals surface area (Å²) in [4.78, 5) is 0. The van der Waals surface area contributed by atoms with Crippen LogP contribution in [0, 0.1) is 23.2 Å². The average molecular weight is 268 g/mol. The van der Waals surface area contributed by atoms with E-state index in [1.807, 2.05) is 12.1 Å². The number of benzene rings is 1. The summed E-state index contributed by atoms with van der Waals surface area (Å²) in [6.45, 7) is 0.938. The Morgan fingerprint density at radius 1 is 1.00 bits per heavy atom. The predicted octanol–water partition coefficient (Wildman–Crippen LogP) is 4.01. The molecule has 1 aromatic rings. The molecule has 3 rings (SSSR count). The van der Waals surface area contributed by atoms with E-state index < -0.39 is 0 Å². The van der Waals surface area contributed by atoms with E-state index in [9.17, 15) is 0 Å². The molecule has 0 bridgehead atoms. The Morgan fingerprint density at radius 3 is 2.50 bits per heavy atom. The van der Waals surface area contributed by atoms with Crippen LogP contribution in [0.4, 0.5) is 0 Å². The van der Waals surface area contributed by atoms with Crippen molar-refractivity contribution < 1.29 is 0 Å². The van der Waals surface area contributed by atoms with Gasteiger partial charge in [0.25, 0.3) is 0 Å². The Kier molecular flexibility index (Phi) is 4.38. The molecule has 2 heteroatoms. The summed E-state index contributed by atoms with van der Waals surface area (Å²) in [5, 5.41) is 12.5. The molecule has 0 spiro atoms. The van der Waals surface area contributed by atoms with Crippen molar-refractivity contribution in [3.05, 3.63) is 35.4 Å². The Morgan fingerprint density at radius 2 is 1.75 bits per heavy atom. The highest BCUT2D eigenvalue weighted by Gasteiger charge is 2.31. The van der Waals surface area contributed by atoms with Gasteiger partial charge in [-0.3, -0.25) is 0 Å². The van der Waals surface area contributed by atoms with Crippen molar-refractivity contribution >= 4 is 0 Å². The molecule has 0 heterocycles. The first-order chi connectivity index (χ1) is 9.85. The Hall–Kier alpha value is -1.33. The van der Waals surface area contributed by atoms with Crippen LogP contribution in [-0.4, -0.2) is 6.04 Å². The molecule has 20 heavy (non-hydrogen) atoms. The lowest BCUT2D eigenvalue weighted by molar-refractivity contribution is 0.143. The molecule has 2 saturated carbocycles. The first-order valence-electron chi connectivity index (χ1n) is 8.07. The van der Waals surface area contributed by atoms with Crippen molar-refractivity contribution in [1.82, 2.24) is 5.32 Å². The Bertz CT molecular complexity index is 471. The molecule has 0 saturated heterocycles. The first kappa shape index (κ1) is 13.6. The zero-order valence-corrected chi connectivity index (χ0v) is 12.1. The van der Waals surface area contributed by atoms with Crippen molar-refractivity contribution in [3.63, 3.8) is 0 Å². The largest absolute Gasteiger partial charge is 0.310 e. The quantitative estimate of drug-likeness (QED) is 0.899. The second-order valence-electron chi connectivity index (χ2n) is 6.50. The Labute approximate surface area is 122 Å². The van der Waals surface area contributed by atoms with Crippen LogP contribution in [0.5, 0.6) is 0 Å². The third-order valence-corrected chi connectivity index (χ3v) is 5.22. The van der Waals surface area contributed by atoms with Gasteiger partial charge in [0.05, 0.1) is 11.6 Å². The number of nitrogens with one attached hydrogen (secondary N) is 1. The van der Waals surface area contributed by atoms with Crippen molar-refractivity contribution in [1.29, 1.82) is 5.26 Å². The molecule has 3 atom stereocenters. The summed E-state index contributed by atoms with van der Waals surface area (Å²) >= 11 is 0. The third-order valence-electron chi connectivity index (χ3n) is 5.22. The van der Waals surface area contributed by atoms with Gasteiger partial charge in [-0.15, -0.1) is 0 Å². The van der Waals surface area contributed by atoms with Crippen LogP contribution in [0.25, 0.3) is 0 Å². The van der Waals surface area contributed by atoms with Gasteiger partial charge in [-0.25, -0.2) is 0 Å². The van der Waals surface area contributed by atoms with E-state index >= 15 is 0 Å². The molecule has 1 aromatic carbocycles. The van der Waals surface area contributed by atoms with E-state index in [1.54, 1.807) is 0 Å². The van der Waals surface area contributed by atoms with Gasteiger partial charge in [0, 0.05) is 12.6 Å². The van der Waals surface area contributed by atoms with Gasteiger partial charge in [0.2, 0.25) is 0 Å². The van der Waals surface area contributed by atoms with Crippen LogP contribution in [-0.2, 0) is 6.54 Å². The fraction of sp³-hybridized carbons (Fsp3) is 0.611. The van der Waals surface area contributed by atoms with Gasteiger partial charge in [-0.1, -0.05) is 37.8 Å². The number of hydrogen-bond donors (Lipinski definition) is 1. The number of rotatable bonds is 3. The fourth-order valence-corrected chi connectivity index (χ4v) is 4.02. The molecule has 2 fully saturated rings. The normalized spacial score (nSPS) is 29.4. The highest BCUT2D eigenvalue weighted by atomic mass is 14.9. The van der Waals surface area contributed by atoms with Gasteiger partial charge in [0.15, 0.2) is 0 Å². The number of hydrogen-bond acceptors (Lipinski definition) is 2. The van der Waals surface area contributed by atoms with Crippen LogP contribution in [0.2, 0.25) is 0 Å². The maximum Gasteiger partial charge on any atom is 0.0991 e. The van der Waals surface area contributed by atoms with E-state index in [0.29, 0.717) is 6.04 Å². The molecule has 2 nitrogen and oxygen atoms in total. The summed E-state index contributed by atoms with van der Waals surface area (Å²) < 4.78 is 0. The number of fused-ring (bicyclic) bond motifs is 1. The molecule has 0 amide bonds. The van der Waals surface area contributed by atoms with Gasteiger partial charge < -0.3 is 5.32 Å². The molecule has 1 N–H and O–H groups in total. The smallest absolute Gasteiger partial charge is 0.0991 e. The van der Waals surface area contributed by atoms with E-state index in [0.717, 1.165) is 23.9 Å². The summed E-state index contributed by atoms with van der Waals surface area (Å²) in [7, 11) is 0. The summed E-state index contributed by atoms with van der Waals surface area (Å²) in [6.07, 6.45) is 9.99. The minimum atomic E-state index is 0.699. The van der Waals surface area contributed by atoms with Crippen LogP contribution >= 0.6 is 0 Å². The second-order valence-corrected chi connectivity index (χ2v) is 6.50. The molecular weight excluding hydrogens is 244 g/mol. The fourth-order valence-electron chi connectivity index (χ4n) is 4.02. The van der Waals surface area contributed by atoms with Gasteiger partial charge >= 0.3 is 0 Å². The van der Waals surface area contributed by atoms with E-state index in [1.165, 1.54) is 50.5 Å². The standard InChI is InChI=1S/C18H24N2/c19-12-14-5-7-15(8-6-14)13-20-18-10-9-16-3-1-2-4-17(16)11-18/h5-8,16-18,20H,1-4,9-11,13H2. The van der Waals surface area contributed by atoms with Crippen LogP contribution in [0.3, 0.4) is 0 Å². The molecular formula is C18H24N2. The SMILES string of the molecule is N#Cc1ccc(CNC2CCC3CCCCC3C2)cc1. The van der Waals surface area contributed by atoms with Crippen LogP contribution < -0.4 is 5.32 Å². The minimum Gasteiger partial charge on any atom is -0.310 e. The topological polar surface area (TPSA) is 35.8 Å². The summed E-state index contributed by atoms with van der Waals surface area (Å²) in [5.74, 6) is 2.01. The summed E-state index contributed by atoms with van der Waals surface area (Å²) in [5.41, 5.74) is 2.03. The number of nitriles is 1. The van der Waals surface area contributed by atoms with E-state index in [-0.39, 0.29) is 0 Å². The molecule has 0 aliphatic heterocycles. The molecule has 3 unspecified atom stereocenters. The average Bonchev–Trinajstić information content (AvgIpc) is 2.53. The van der Waals surface area contributed by atoms with Crippen LogP contribution in [0.1, 0.15) is 56.1 Å². The molecule has 2 aliphatic carbocycles. The lowest BCUT2D eigenvalue weighted by Gasteiger charge is -2.39. The minimum absolute atomic E-state index is 0.699. The molecule has 0 aromatic heterocycles.